The molecule has 0 amide bonds. The summed E-state index contributed by atoms with van der Waals surface area (Å²) in [6.45, 7) is 0. The third-order valence-electron chi connectivity index (χ3n) is 2.05. The van der Waals surface area contributed by atoms with Gasteiger partial charge in [-0.25, -0.2) is 0 Å². The Balaban J connectivity index is 2.94. The normalized spacial score (nSPS) is 10.2. The van der Waals surface area contributed by atoms with E-state index in [4.69, 9.17) is 22.6 Å². The van der Waals surface area contributed by atoms with Crippen LogP contribution < -0.4 is 5.73 Å². The lowest BCUT2D eigenvalue weighted by molar-refractivity contribution is 1.37. The molecule has 2 rings (SSSR count). The van der Waals surface area contributed by atoms with Gasteiger partial charge in [0.05, 0.1) is 21.8 Å². The monoisotopic (exact) mass is 329 g/mol. The molecule has 0 atom stereocenters. The van der Waals surface area contributed by atoms with Crippen molar-refractivity contribution < 1.29 is 0 Å². The van der Waals surface area contributed by atoms with Crippen LogP contribution in [0, 0.1) is 14.9 Å². The van der Waals surface area contributed by atoms with E-state index in [0.29, 0.717) is 21.8 Å². The van der Waals surface area contributed by atoms with Crippen LogP contribution >= 0.6 is 34.2 Å². The number of hydrogen-bond donors (Lipinski definition) is 1. The molecule has 0 unspecified atom stereocenters. The molecule has 2 N–H and O–H groups in total. The number of pyridine rings is 1. The van der Waals surface area contributed by atoms with Gasteiger partial charge in [-0.15, -0.1) is 0 Å². The number of fused-ring (bicyclic) bond motifs is 1. The molecule has 0 bridgehead atoms. The molecule has 1 aromatic heterocycles. The molecule has 3 nitrogen and oxygen atoms in total. The molecule has 0 saturated carbocycles. The minimum absolute atomic E-state index is 0.376. The first-order chi connectivity index (χ1) is 7.13. The summed E-state index contributed by atoms with van der Waals surface area (Å²) in [4.78, 5) is 4.12. The fraction of sp³-hybridized carbons (Fsp3) is 0. The van der Waals surface area contributed by atoms with E-state index in [9.17, 15) is 0 Å². The van der Waals surface area contributed by atoms with Crippen LogP contribution in [0.15, 0.2) is 18.3 Å². The summed E-state index contributed by atoms with van der Waals surface area (Å²) in [7, 11) is 0. The zero-order valence-corrected chi connectivity index (χ0v) is 10.4. The lowest BCUT2D eigenvalue weighted by Gasteiger charge is -2.05. The van der Waals surface area contributed by atoms with E-state index in [2.05, 4.69) is 27.6 Å². The molecule has 0 aliphatic heterocycles. The maximum atomic E-state index is 8.81. The highest BCUT2D eigenvalue weighted by atomic mass is 127. The highest BCUT2D eigenvalue weighted by molar-refractivity contribution is 14.1. The molecule has 2 aromatic rings. The molecule has 0 aliphatic rings. The summed E-state index contributed by atoms with van der Waals surface area (Å²) >= 11 is 8.17. The van der Waals surface area contributed by atoms with Crippen molar-refractivity contribution in [2.24, 2.45) is 0 Å². The molecule has 0 saturated heterocycles. The van der Waals surface area contributed by atoms with Gasteiger partial charge in [0.2, 0.25) is 0 Å². The highest BCUT2D eigenvalue weighted by Gasteiger charge is 2.08. The number of nitrogens with zero attached hydrogens (tertiary/aromatic N) is 2. The van der Waals surface area contributed by atoms with E-state index >= 15 is 0 Å². The van der Waals surface area contributed by atoms with E-state index in [0.717, 1.165) is 8.96 Å². The molecule has 0 spiro atoms. The van der Waals surface area contributed by atoms with Gasteiger partial charge in [-0.3, -0.25) is 4.98 Å². The van der Waals surface area contributed by atoms with Gasteiger partial charge < -0.3 is 5.73 Å². The van der Waals surface area contributed by atoms with Crippen molar-refractivity contribution in [1.82, 2.24) is 4.98 Å². The van der Waals surface area contributed by atoms with E-state index < -0.39 is 0 Å². The van der Waals surface area contributed by atoms with Gasteiger partial charge in [0, 0.05) is 15.2 Å². The molecule has 1 aromatic carbocycles. The quantitative estimate of drug-likeness (QED) is 0.756. The standard InChI is InChI=1S/C10H5ClIN3/c11-8-2-6(12)1-7-9(14)5(3-13)4-15-10(7)8/h1-2,4H,(H2,14,15). The average Bonchev–Trinajstić information content (AvgIpc) is 2.19. The topological polar surface area (TPSA) is 62.7 Å². The summed E-state index contributed by atoms with van der Waals surface area (Å²) in [5, 5.41) is 10.1. The largest absolute Gasteiger partial charge is 0.397 e. The summed E-state index contributed by atoms with van der Waals surface area (Å²) in [6, 6.07) is 5.67. The molecule has 5 heteroatoms. The molecule has 15 heavy (non-hydrogen) atoms. The second-order valence-corrected chi connectivity index (χ2v) is 4.63. The van der Waals surface area contributed by atoms with Crippen LogP contribution in [0.5, 0.6) is 0 Å². The van der Waals surface area contributed by atoms with Crippen LogP contribution in [0.3, 0.4) is 0 Å². The Bertz CT molecular complexity index is 589. The first-order valence-corrected chi connectivity index (χ1v) is 5.52. The predicted molar refractivity (Wildman–Crippen MR) is 68.6 cm³/mol. The second-order valence-electron chi connectivity index (χ2n) is 2.98. The minimum atomic E-state index is 0.376. The zero-order valence-electron chi connectivity index (χ0n) is 7.46. The van der Waals surface area contributed by atoms with Gasteiger partial charge in [-0.05, 0) is 34.7 Å². The predicted octanol–water partition coefficient (Wildman–Crippen LogP) is 2.95. The van der Waals surface area contributed by atoms with Gasteiger partial charge >= 0.3 is 0 Å². The Kier molecular flexibility index (Phi) is 2.67. The third kappa shape index (κ3) is 1.73. The maximum Gasteiger partial charge on any atom is 0.103 e. The smallest absolute Gasteiger partial charge is 0.103 e. The highest BCUT2D eigenvalue weighted by Crippen LogP contribution is 2.29. The van der Waals surface area contributed by atoms with Crippen molar-refractivity contribution in [3.63, 3.8) is 0 Å². The maximum absolute atomic E-state index is 8.81. The fourth-order valence-corrected chi connectivity index (χ4v) is 2.41. The number of halogens is 2. The molecule has 74 valence electrons. The molecule has 0 aliphatic carbocycles. The van der Waals surface area contributed by atoms with Crippen molar-refractivity contribution >= 4 is 50.8 Å². The van der Waals surface area contributed by atoms with Gasteiger partial charge in [-0.1, -0.05) is 11.6 Å². The number of rotatable bonds is 0. The Morgan fingerprint density at radius 3 is 2.87 bits per heavy atom. The number of hydrogen-bond acceptors (Lipinski definition) is 3. The Morgan fingerprint density at radius 2 is 2.20 bits per heavy atom. The van der Waals surface area contributed by atoms with Crippen LogP contribution in [0.4, 0.5) is 5.69 Å². The molecule has 0 radical (unpaired) electrons. The van der Waals surface area contributed by atoms with Crippen LogP contribution in [0.25, 0.3) is 10.9 Å². The summed E-state index contributed by atoms with van der Waals surface area (Å²) in [5.74, 6) is 0. The van der Waals surface area contributed by atoms with Crippen LogP contribution in [0.2, 0.25) is 5.02 Å². The molecule has 1 heterocycles. The summed E-state index contributed by atoms with van der Waals surface area (Å²) in [6.07, 6.45) is 1.44. The lowest BCUT2D eigenvalue weighted by atomic mass is 10.1. The molecular weight excluding hydrogens is 324 g/mol. The molecule has 0 fully saturated rings. The summed E-state index contributed by atoms with van der Waals surface area (Å²) in [5.41, 5.74) is 7.28. The summed E-state index contributed by atoms with van der Waals surface area (Å²) < 4.78 is 0.966. The van der Waals surface area contributed by atoms with E-state index in [1.54, 1.807) is 0 Å². The first kappa shape index (κ1) is 10.5. The van der Waals surface area contributed by atoms with Gasteiger partial charge in [-0.2, -0.15) is 5.26 Å². The van der Waals surface area contributed by atoms with E-state index in [1.165, 1.54) is 6.20 Å². The van der Waals surface area contributed by atoms with Crippen molar-refractivity contribution in [2.45, 2.75) is 0 Å². The number of nitrogen functional groups attached to an aromatic ring is 1. The van der Waals surface area contributed by atoms with Gasteiger partial charge in [0.1, 0.15) is 6.07 Å². The van der Waals surface area contributed by atoms with Gasteiger partial charge in [0.15, 0.2) is 0 Å². The second kappa shape index (κ2) is 3.83. The number of aromatic nitrogens is 1. The number of nitriles is 1. The van der Waals surface area contributed by atoms with Crippen molar-refractivity contribution in [1.29, 1.82) is 5.26 Å². The van der Waals surface area contributed by atoms with Crippen LogP contribution in [0.1, 0.15) is 5.56 Å². The zero-order chi connectivity index (χ0) is 11.0. The number of benzene rings is 1. The molecular formula is C10H5ClIN3. The van der Waals surface area contributed by atoms with Crippen LogP contribution in [-0.2, 0) is 0 Å². The third-order valence-corrected chi connectivity index (χ3v) is 2.96. The SMILES string of the molecule is N#Cc1cnc2c(Cl)cc(I)cc2c1N. The first-order valence-electron chi connectivity index (χ1n) is 4.07. The van der Waals surface area contributed by atoms with E-state index in [1.807, 2.05) is 18.2 Å². The van der Waals surface area contributed by atoms with Crippen molar-refractivity contribution in [3.05, 3.63) is 32.5 Å². The van der Waals surface area contributed by atoms with Crippen molar-refractivity contribution in [2.75, 3.05) is 5.73 Å². The lowest BCUT2D eigenvalue weighted by Crippen LogP contribution is -1.95. The fourth-order valence-electron chi connectivity index (χ4n) is 1.34. The van der Waals surface area contributed by atoms with E-state index in [-0.39, 0.29) is 0 Å². The van der Waals surface area contributed by atoms with Crippen molar-refractivity contribution in [3.8, 4) is 6.07 Å². The van der Waals surface area contributed by atoms with Gasteiger partial charge in [0.25, 0.3) is 0 Å². The Labute approximate surface area is 105 Å². The Morgan fingerprint density at radius 1 is 1.47 bits per heavy atom. The van der Waals surface area contributed by atoms with Crippen LogP contribution in [-0.4, -0.2) is 4.98 Å². The number of anilines is 1. The number of nitrogens with two attached hydrogens (primary N) is 1. The average molecular weight is 330 g/mol. The Hall–Kier alpha value is -1.06. The minimum Gasteiger partial charge on any atom is -0.397 e.